The first kappa shape index (κ1) is 13.8. The van der Waals surface area contributed by atoms with Crippen molar-refractivity contribution < 1.29 is 9.66 Å². The molecule has 0 radical (unpaired) electrons. The number of ether oxygens (including phenoxy) is 1. The second-order valence-electron chi connectivity index (χ2n) is 3.80. The van der Waals surface area contributed by atoms with Crippen LogP contribution in [0.1, 0.15) is 20.3 Å². The zero-order chi connectivity index (χ0) is 13.5. The van der Waals surface area contributed by atoms with E-state index in [4.69, 9.17) is 11.2 Å². The van der Waals surface area contributed by atoms with Crippen molar-refractivity contribution in [2.45, 2.75) is 26.3 Å². The van der Waals surface area contributed by atoms with Crippen LogP contribution >= 0.6 is 0 Å². The Bertz CT molecular complexity index is 466. The molecule has 0 saturated carbocycles. The van der Waals surface area contributed by atoms with E-state index in [0.29, 0.717) is 18.7 Å². The van der Waals surface area contributed by atoms with Gasteiger partial charge < -0.3 is 10.1 Å². The SMILES string of the molecule is C#CCC(C)Nc1cccc(OCC)c1[N+](=O)[O-]. The van der Waals surface area contributed by atoms with Gasteiger partial charge in [-0.1, -0.05) is 6.07 Å². The molecule has 0 saturated heterocycles. The van der Waals surface area contributed by atoms with Gasteiger partial charge in [-0.25, -0.2) is 0 Å². The molecule has 1 aromatic carbocycles. The molecule has 5 heteroatoms. The summed E-state index contributed by atoms with van der Waals surface area (Å²) in [4.78, 5) is 10.7. The van der Waals surface area contributed by atoms with Crippen molar-refractivity contribution in [3.8, 4) is 18.1 Å². The molecular weight excluding hydrogens is 232 g/mol. The highest BCUT2D eigenvalue weighted by atomic mass is 16.6. The van der Waals surface area contributed by atoms with Crippen molar-refractivity contribution in [2.24, 2.45) is 0 Å². The number of para-hydroxylation sites is 1. The van der Waals surface area contributed by atoms with E-state index < -0.39 is 4.92 Å². The highest BCUT2D eigenvalue weighted by Crippen LogP contribution is 2.35. The van der Waals surface area contributed by atoms with Gasteiger partial charge in [0.25, 0.3) is 0 Å². The second-order valence-corrected chi connectivity index (χ2v) is 3.80. The lowest BCUT2D eigenvalue weighted by Gasteiger charge is -2.14. The van der Waals surface area contributed by atoms with Gasteiger partial charge in [-0.3, -0.25) is 10.1 Å². The average Bonchev–Trinajstić information content (AvgIpc) is 2.29. The lowest BCUT2D eigenvalue weighted by atomic mass is 10.2. The Kier molecular flexibility index (Phi) is 5.00. The Balaban J connectivity index is 3.07. The van der Waals surface area contributed by atoms with Crippen LogP contribution in [0.25, 0.3) is 0 Å². The number of rotatable bonds is 6. The molecule has 0 fully saturated rings. The van der Waals surface area contributed by atoms with Crippen LogP contribution in [-0.2, 0) is 0 Å². The Morgan fingerprint density at radius 2 is 2.33 bits per heavy atom. The normalized spacial score (nSPS) is 11.4. The Hall–Kier alpha value is -2.22. The molecule has 18 heavy (non-hydrogen) atoms. The Morgan fingerprint density at radius 3 is 2.89 bits per heavy atom. The van der Waals surface area contributed by atoms with Crippen LogP contribution < -0.4 is 10.1 Å². The zero-order valence-electron chi connectivity index (χ0n) is 10.5. The minimum atomic E-state index is -0.448. The molecule has 1 rings (SSSR count). The van der Waals surface area contributed by atoms with Crippen molar-refractivity contribution in [1.29, 1.82) is 0 Å². The van der Waals surface area contributed by atoms with Crippen molar-refractivity contribution in [3.63, 3.8) is 0 Å². The van der Waals surface area contributed by atoms with E-state index in [0.717, 1.165) is 0 Å². The number of nitro groups is 1. The predicted molar refractivity (Wildman–Crippen MR) is 70.8 cm³/mol. The molecule has 5 nitrogen and oxygen atoms in total. The largest absolute Gasteiger partial charge is 0.487 e. The van der Waals surface area contributed by atoms with Crippen LogP contribution in [0.3, 0.4) is 0 Å². The standard InChI is InChI=1S/C13H16N2O3/c1-4-7-10(3)14-11-8-6-9-12(18-5-2)13(11)15(16)17/h1,6,8-10,14H,5,7H2,2-3H3. The molecule has 96 valence electrons. The fourth-order valence-electron chi connectivity index (χ4n) is 1.59. The summed E-state index contributed by atoms with van der Waals surface area (Å²) in [5.74, 6) is 2.78. The quantitative estimate of drug-likeness (QED) is 0.477. The monoisotopic (exact) mass is 248 g/mol. The summed E-state index contributed by atoms with van der Waals surface area (Å²) in [6.45, 7) is 4.03. The summed E-state index contributed by atoms with van der Waals surface area (Å²) in [6, 6.07) is 4.90. The number of hydrogen-bond acceptors (Lipinski definition) is 4. The highest BCUT2D eigenvalue weighted by Gasteiger charge is 2.21. The second kappa shape index (κ2) is 6.50. The molecule has 0 heterocycles. The van der Waals surface area contributed by atoms with E-state index in [2.05, 4.69) is 11.2 Å². The maximum absolute atomic E-state index is 11.1. The smallest absolute Gasteiger partial charge is 0.333 e. The summed E-state index contributed by atoms with van der Waals surface area (Å²) in [5.41, 5.74) is 0.372. The zero-order valence-corrected chi connectivity index (χ0v) is 10.5. The molecule has 1 atom stereocenters. The lowest BCUT2D eigenvalue weighted by molar-refractivity contribution is -0.385. The molecule has 0 amide bonds. The third kappa shape index (κ3) is 3.39. The third-order valence-corrected chi connectivity index (χ3v) is 2.31. The van der Waals surface area contributed by atoms with Gasteiger partial charge in [0, 0.05) is 12.5 Å². The minimum absolute atomic E-state index is 0.0365. The summed E-state index contributed by atoms with van der Waals surface area (Å²) in [5, 5.41) is 14.1. The molecule has 0 aromatic heterocycles. The maximum atomic E-state index is 11.1. The van der Waals surface area contributed by atoms with E-state index in [-0.39, 0.29) is 17.5 Å². The number of nitro benzene ring substituents is 1. The van der Waals surface area contributed by atoms with Gasteiger partial charge in [0.05, 0.1) is 11.5 Å². The van der Waals surface area contributed by atoms with Crippen LogP contribution in [0.15, 0.2) is 18.2 Å². The van der Waals surface area contributed by atoms with E-state index in [9.17, 15) is 10.1 Å². The summed E-state index contributed by atoms with van der Waals surface area (Å²) in [6.07, 6.45) is 5.71. The molecule has 0 spiro atoms. The van der Waals surface area contributed by atoms with Crippen LogP contribution in [0.2, 0.25) is 0 Å². The first-order chi connectivity index (χ1) is 8.60. The van der Waals surface area contributed by atoms with Gasteiger partial charge in [0.1, 0.15) is 5.69 Å². The summed E-state index contributed by atoms with van der Waals surface area (Å²) in [7, 11) is 0. The van der Waals surface area contributed by atoms with E-state index in [1.165, 1.54) is 0 Å². The highest BCUT2D eigenvalue weighted by molar-refractivity contribution is 5.68. The van der Waals surface area contributed by atoms with E-state index in [1.54, 1.807) is 25.1 Å². The number of nitrogens with zero attached hydrogens (tertiary/aromatic N) is 1. The van der Waals surface area contributed by atoms with Crippen molar-refractivity contribution in [2.75, 3.05) is 11.9 Å². The maximum Gasteiger partial charge on any atom is 0.333 e. The van der Waals surface area contributed by atoms with Crippen LogP contribution in [0, 0.1) is 22.5 Å². The molecule has 0 aliphatic rings. The first-order valence-electron chi connectivity index (χ1n) is 5.70. The van der Waals surface area contributed by atoms with Gasteiger partial charge in [-0.2, -0.15) is 0 Å². The van der Waals surface area contributed by atoms with Crippen molar-refractivity contribution in [1.82, 2.24) is 0 Å². The van der Waals surface area contributed by atoms with E-state index >= 15 is 0 Å². The molecule has 0 aliphatic heterocycles. The van der Waals surface area contributed by atoms with Gasteiger partial charge in [-0.05, 0) is 26.0 Å². The van der Waals surface area contributed by atoms with Gasteiger partial charge in [-0.15, -0.1) is 12.3 Å². The first-order valence-corrected chi connectivity index (χ1v) is 5.70. The number of anilines is 1. The molecule has 1 aromatic rings. The van der Waals surface area contributed by atoms with Gasteiger partial charge in [0.2, 0.25) is 0 Å². The topological polar surface area (TPSA) is 64.4 Å². The predicted octanol–water partition coefficient (Wildman–Crippen LogP) is 2.82. The molecule has 1 N–H and O–H groups in total. The van der Waals surface area contributed by atoms with Crippen molar-refractivity contribution in [3.05, 3.63) is 28.3 Å². The van der Waals surface area contributed by atoms with Crippen LogP contribution in [0.4, 0.5) is 11.4 Å². The number of terminal acetylenes is 1. The number of nitrogens with one attached hydrogen (secondary N) is 1. The number of hydrogen-bond donors (Lipinski definition) is 1. The fraction of sp³-hybridized carbons (Fsp3) is 0.385. The third-order valence-electron chi connectivity index (χ3n) is 2.31. The molecule has 1 unspecified atom stereocenters. The van der Waals surface area contributed by atoms with Gasteiger partial charge >= 0.3 is 5.69 Å². The summed E-state index contributed by atoms with van der Waals surface area (Å²) >= 11 is 0. The van der Waals surface area contributed by atoms with E-state index in [1.807, 2.05) is 6.92 Å². The molecule has 0 aliphatic carbocycles. The van der Waals surface area contributed by atoms with Crippen LogP contribution in [0.5, 0.6) is 5.75 Å². The average molecular weight is 248 g/mol. The summed E-state index contributed by atoms with van der Waals surface area (Å²) < 4.78 is 5.26. The number of benzene rings is 1. The molecular formula is C13H16N2O3. The Morgan fingerprint density at radius 1 is 1.61 bits per heavy atom. The molecule has 0 bridgehead atoms. The van der Waals surface area contributed by atoms with Crippen molar-refractivity contribution >= 4 is 11.4 Å². The Labute approximate surface area is 106 Å². The lowest BCUT2D eigenvalue weighted by Crippen LogP contribution is -2.15. The minimum Gasteiger partial charge on any atom is -0.487 e. The fourth-order valence-corrected chi connectivity index (χ4v) is 1.59. The van der Waals surface area contributed by atoms with Gasteiger partial charge in [0.15, 0.2) is 5.75 Å². The van der Waals surface area contributed by atoms with Crippen LogP contribution in [-0.4, -0.2) is 17.6 Å².